The van der Waals surface area contributed by atoms with Gasteiger partial charge in [-0.05, 0) is 30.7 Å². The van der Waals surface area contributed by atoms with Crippen molar-refractivity contribution in [2.24, 2.45) is 5.73 Å². The second-order valence-electron chi connectivity index (χ2n) is 4.16. The number of hydrogen-bond acceptors (Lipinski definition) is 4. The molecular formula is C13H17N5O. The Morgan fingerprint density at radius 2 is 2.32 bits per heavy atom. The molecule has 0 fully saturated rings. The summed E-state index contributed by atoms with van der Waals surface area (Å²) in [5.74, 6) is -0.0843. The molecule has 0 bridgehead atoms. The largest absolute Gasteiger partial charge is 0.350 e. The molecule has 1 aromatic heterocycles. The van der Waals surface area contributed by atoms with Crippen LogP contribution in [0.3, 0.4) is 0 Å². The van der Waals surface area contributed by atoms with Crippen molar-refractivity contribution in [1.82, 2.24) is 20.3 Å². The molecule has 0 spiro atoms. The van der Waals surface area contributed by atoms with Crippen molar-refractivity contribution in [3.05, 3.63) is 47.8 Å². The van der Waals surface area contributed by atoms with Gasteiger partial charge in [0.1, 0.15) is 0 Å². The van der Waals surface area contributed by atoms with E-state index in [0.29, 0.717) is 25.2 Å². The Morgan fingerprint density at radius 1 is 1.42 bits per heavy atom. The SMILES string of the molecule is NCCc1cccc(C(=O)NCCn2ccnn2)c1. The fraction of sp³-hybridized carbons (Fsp3) is 0.308. The Bertz CT molecular complexity index is 524. The van der Waals surface area contributed by atoms with E-state index in [2.05, 4.69) is 15.6 Å². The maximum Gasteiger partial charge on any atom is 0.251 e. The molecule has 0 aliphatic rings. The van der Waals surface area contributed by atoms with Crippen LogP contribution in [0.4, 0.5) is 0 Å². The highest BCUT2D eigenvalue weighted by Gasteiger charge is 2.05. The van der Waals surface area contributed by atoms with Crippen LogP contribution in [0.2, 0.25) is 0 Å². The van der Waals surface area contributed by atoms with Crippen molar-refractivity contribution >= 4 is 5.91 Å². The van der Waals surface area contributed by atoms with Gasteiger partial charge < -0.3 is 11.1 Å². The van der Waals surface area contributed by atoms with Crippen LogP contribution in [-0.2, 0) is 13.0 Å². The summed E-state index contributed by atoms with van der Waals surface area (Å²) in [7, 11) is 0. The van der Waals surface area contributed by atoms with Crippen LogP contribution in [0, 0.1) is 0 Å². The molecule has 0 saturated carbocycles. The number of benzene rings is 1. The number of hydrogen-bond donors (Lipinski definition) is 2. The summed E-state index contributed by atoms with van der Waals surface area (Å²) >= 11 is 0. The zero-order valence-corrected chi connectivity index (χ0v) is 10.6. The van der Waals surface area contributed by atoms with Crippen molar-refractivity contribution < 1.29 is 4.79 Å². The van der Waals surface area contributed by atoms with Gasteiger partial charge in [0.2, 0.25) is 0 Å². The molecule has 0 aliphatic carbocycles. The highest BCUT2D eigenvalue weighted by molar-refractivity contribution is 5.94. The molecule has 1 heterocycles. The topological polar surface area (TPSA) is 85.8 Å². The zero-order chi connectivity index (χ0) is 13.5. The standard InChI is InChI=1S/C13H17N5O/c14-5-4-11-2-1-3-12(10-11)13(19)15-6-8-18-9-7-16-17-18/h1-3,7,9-10H,4-6,8,14H2,(H,15,19). The summed E-state index contributed by atoms with van der Waals surface area (Å²) in [6.07, 6.45) is 4.15. The molecular weight excluding hydrogens is 242 g/mol. The van der Waals surface area contributed by atoms with Gasteiger partial charge in [-0.1, -0.05) is 17.3 Å². The average molecular weight is 259 g/mol. The Labute approximate surface area is 111 Å². The van der Waals surface area contributed by atoms with Gasteiger partial charge in [-0.3, -0.25) is 9.48 Å². The van der Waals surface area contributed by atoms with Gasteiger partial charge in [-0.25, -0.2) is 0 Å². The molecule has 100 valence electrons. The number of carbonyl (C=O) groups excluding carboxylic acids is 1. The van der Waals surface area contributed by atoms with E-state index in [-0.39, 0.29) is 5.91 Å². The smallest absolute Gasteiger partial charge is 0.251 e. The first kappa shape index (κ1) is 13.2. The predicted molar refractivity (Wildman–Crippen MR) is 71.6 cm³/mol. The van der Waals surface area contributed by atoms with Crippen LogP contribution in [0.1, 0.15) is 15.9 Å². The molecule has 6 heteroatoms. The van der Waals surface area contributed by atoms with Crippen LogP contribution in [0.25, 0.3) is 0 Å². The van der Waals surface area contributed by atoms with Crippen molar-refractivity contribution in [3.8, 4) is 0 Å². The number of nitrogens with two attached hydrogens (primary N) is 1. The molecule has 2 aromatic rings. The lowest BCUT2D eigenvalue weighted by molar-refractivity contribution is 0.0951. The fourth-order valence-corrected chi connectivity index (χ4v) is 1.77. The van der Waals surface area contributed by atoms with Crippen LogP contribution >= 0.6 is 0 Å². The van der Waals surface area contributed by atoms with Crippen LogP contribution in [0.5, 0.6) is 0 Å². The molecule has 2 rings (SSSR count). The van der Waals surface area contributed by atoms with E-state index in [1.165, 1.54) is 0 Å². The number of rotatable bonds is 6. The number of nitrogens with zero attached hydrogens (tertiary/aromatic N) is 3. The lowest BCUT2D eigenvalue weighted by Gasteiger charge is -2.06. The lowest BCUT2D eigenvalue weighted by atomic mass is 10.1. The van der Waals surface area contributed by atoms with E-state index in [1.807, 2.05) is 18.2 Å². The van der Waals surface area contributed by atoms with E-state index in [0.717, 1.165) is 12.0 Å². The van der Waals surface area contributed by atoms with Gasteiger partial charge in [0, 0.05) is 18.3 Å². The first-order chi connectivity index (χ1) is 9.29. The Kier molecular flexibility index (Phi) is 4.63. The first-order valence-electron chi connectivity index (χ1n) is 6.21. The summed E-state index contributed by atoms with van der Waals surface area (Å²) in [4.78, 5) is 11.9. The lowest BCUT2D eigenvalue weighted by Crippen LogP contribution is -2.27. The van der Waals surface area contributed by atoms with E-state index in [9.17, 15) is 4.79 Å². The Morgan fingerprint density at radius 3 is 3.05 bits per heavy atom. The van der Waals surface area contributed by atoms with Gasteiger partial charge >= 0.3 is 0 Å². The summed E-state index contributed by atoms with van der Waals surface area (Å²) in [5, 5.41) is 10.4. The minimum atomic E-state index is -0.0843. The number of nitrogens with one attached hydrogen (secondary N) is 1. The Hall–Kier alpha value is -2.21. The van der Waals surface area contributed by atoms with Gasteiger partial charge in [0.05, 0.1) is 12.7 Å². The van der Waals surface area contributed by atoms with Gasteiger partial charge in [-0.2, -0.15) is 0 Å². The molecule has 3 N–H and O–H groups in total. The van der Waals surface area contributed by atoms with E-state index in [1.54, 1.807) is 23.1 Å². The molecule has 1 aromatic carbocycles. The van der Waals surface area contributed by atoms with Crippen LogP contribution < -0.4 is 11.1 Å². The monoisotopic (exact) mass is 259 g/mol. The first-order valence-corrected chi connectivity index (χ1v) is 6.21. The summed E-state index contributed by atoms with van der Waals surface area (Å²) in [6, 6.07) is 7.51. The molecule has 0 radical (unpaired) electrons. The Balaban J connectivity index is 1.87. The highest BCUT2D eigenvalue weighted by atomic mass is 16.1. The quantitative estimate of drug-likeness (QED) is 0.776. The molecule has 0 aliphatic heterocycles. The molecule has 0 saturated heterocycles. The third kappa shape index (κ3) is 3.89. The molecule has 19 heavy (non-hydrogen) atoms. The van der Waals surface area contributed by atoms with E-state index >= 15 is 0 Å². The van der Waals surface area contributed by atoms with Gasteiger partial charge in [0.15, 0.2) is 0 Å². The molecule has 0 atom stereocenters. The van der Waals surface area contributed by atoms with Crippen molar-refractivity contribution in [2.45, 2.75) is 13.0 Å². The van der Waals surface area contributed by atoms with Gasteiger partial charge in [0.25, 0.3) is 5.91 Å². The molecule has 1 amide bonds. The van der Waals surface area contributed by atoms with Crippen molar-refractivity contribution in [3.63, 3.8) is 0 Å². The maximum absolute atomic E-state index is 11.9. The average Bonchev–Trinajstić information content (AvgIpc) is 2.92. The number of aromatic nitrogens is 3. The predicted octanol–water partition coefficient (Wildman–Crippen LogP) is 0.209. The summed E-state index contributed by atoms with van der Waals surface area (Å²) in [5.41, 5.74) is 7.24. The second kappa shape index (κ2) is 6.65. The van der Waals surface area contributed by atoms with Crippen LogP contribution in [-0.4, -0.2) is 34.0 Å². The van der Waals surface area contributed by atoms with E-state index in [4.69, 9.17) is 5.73 Å². The third-order valence-corrected chi connectivity index (χ3v) is 2.72. The number of carbonyl (C=O) groups is 1. The normalized spacial score (nSPS) is 10.4. The minimum absolute atomic E-state index is 0.0843. The van der Waals surface area contributed by atoms with Gasteiger partial charge in [-0.15, -0.1) is 5.10 Å². The minimum Gasteiger partial charge on any atom is -0.350 e. The molecule has 0 unspecified atom stereocenters. The van der Waals surface area contributed by atoms with Crippen molar-refractivity contribution in [1.29, 1.82) is 0 Å². The van der Waals surface area contributed by atoms with E-state index < -0.39 is 0 Å². The number of amides is 1. The van der Waals surface area contributed by atoms with Crippen molar-refractivity contribution in [2.75, 3.05) is 13.1 Å². The molecule has 6 nitrogen and oxygen atoms in total. The summed E-state index contributed by atoms with van der Waals surface area (Å²) in [6.45, 7) is 1.70. The summed E-state index contributed by atoms with van der Waals surface area (Å²) < 4.78 is 1.67. The second-order valence-corrected chi connectivity index (χ2v) is 4.16. The van der Waals surface area contributed by atoms with Crippen LogP contribution in [0.15, 0.2) is 36.7 Å². The zero-order valence-electron chi connectivity index (χ0n) is 10.6. The third-order valence-electron chi connectivity index (χ3n) is 2.72. The maximum atomic E-state index is 11.9. The fourth-order valence-electron chi connectivity index (χ4n) is 1.77. The highest BCUT2D eigenvalue weighted by Crippen LogP contribution is 2.05.